The molecule has 0 saturated heterocycles. The van der Waals surface area contributed by atoms with Crippen LogP contribution in [0.15, 0.2) is 102 Å². The SMILES string of the molecule is CCOc1cc(C2C(C#N)=C(N)Oc3cc(OC(=O)Cc4ccccc4)ccc32)ccc1OCc1ccccc1Cl. The molecule has 0 amide bonds. The summed E-state index contributed by atoms with van der Waals surface area (Å²) in [6.07, 6.45) is 0.132. The standard InChI is InChI=1S/C33H27ClN2O5/c1-2-38-30-17-22(12-15-28(30)39-20-23-10-6-7-11-27(23)34)32-25-14-13-24(18-29(25)41-33(36)26(32)19-35)40-31(37)16-21-8-4-3-5-9-21/h3-15,17-18,32H,2,16,20,36H2,1H3. The number of nitrogens with two attached hydrogens (primary N) is 1. The van der Waals surface area contributed by atoms with E-state index in [2.05, 4.69) is 6.07 Å². The molecule has 0 aliphatic carbocycles. The van der Waals surface area contributed by atoms with Crippen molar-refractivity contribution in [3.05, 3.63) is 130 Å². The zero-order valence-electron chi connectivity index (χ0n) is 22.3. The maximum atomic E-state index is 12.5. The van der Waals surface area contributed by atoms with Crippen LogP contribution in [0.2, 0.25) is 5.02 Å². The number of nitriles is 1. The molecule has 1 aliphatic rings. The average molecular weight is 567 g/mol. The highest BCUT2D eigenvalue weighted by molar-refractivity contribution is 6.31. The summed E-state index contributed by atoms with van der Waals surface area (Å²) in [7, 11) is 0. The third-order valence-corrected chi connectivity index (χ3v) is 6.92. The van der Waals surface area contributed by atoms with E-state index in [1.807, 2.05) is 73.7 Å². The fraction of sp³-hybridized carbons (Fsp3) is 0.152. The van der Waals surface area contributed by atoms with E-state index in [4.69, 9.17) is 36.3 Å². The number of benzene rings is 4. The number of hydrogen-bond acceptors (Lipinski definition) is 7. The highest BCUT2D eigenvalue weighted by atomic mass is 35.5. The minimum atomic E-state index is -0.533. The molecule has 2 N–H and O–H groups in total. The number of fused-ring (bicyclic) bond motifs is 1. The molecular weight excluding hydrogens is 540 g/mol. The molecule has 0 aromatic heterocycles. The van der Waals surface area contributed by atoms with Crippen molar-refractivity contribution in [2.24, 2.45) is 5.73 Å². The van der Waals surface area contributed by atoms with Gasteiger partial charge in [-0.2, -0.15) is 5.26 Å². The average Bonchev–Trinajstić information content (AvgIpc) is 2.97. The molecule has 1 aliphatic heterocycles. The van der Waals surface area contributed by atoms with Crippen LogP contribution >= 0.6 is 11.6 Å². The van der Waals surface area contributed by atoms with Gasteiger partial charge in [0.1, 0.15) is 29.7 Å². The van der Waals surface area contributed by atoms with Gasteiger partial charge in [-0.1, -0.05) is 72.3 Å². The van der Waals surface area contributed by atoms with E-state index in [0.717, 1.165) is 16.7 Å². The zero-order valence-corrected chi connectivity index (χ0v) is 23.1. The lowest BCUT2D eigenvalue weighted by molar-refractivity contribution is -0.133. The zero-order chi connectivity index (χ0) is 28.8. The third-order valence-electron chi connectivity index (χ3n) is 6.56. The van der Waals surface area contributed by atoms with Crippen molar-refractivity contribution in [1.82, 2.24) is 0 Å². The topological polar surface area (TPSA) is 104 Å². The van der Waals surface area contributed by atoms with Crippen molar-refractivity contribution in [2.75, 3.05) is 6.61 Å². The van der Waals surface area contributed by atoms with Gasteiger partial charge in [0.25, 0.3) is 0 Å². The predicted molar refractivity (Wildman–Crippen MR) is 155 cm³/mol. The Hall–Kier alpha value is -4.93. The van der Waals surface area contributed by atoms with Crippen LogP contribution in [0, 0.1) is 11.3 Å². The summed E-state index contributed by atoms with van der Waals surface area (Å²) < 4.78 is 23.3. The molecule has 41 heavy (non-hydrogen) atoms. The summed E-state index contributed by atoms with van der Waals surface area (Å²) in [5, 5.41) is 10.6. The van der Waals surface area contributed by atoms with Crippen LogP contribution in [0.5, 0.6) is 23.0 Å². The van der Waals surface area contributed by atoms with Crippen LogP contribution in [-0.4, -0.2) is 12.6 Å². The van der Waals surface area contributed by atoms with Gasteiger partial charge in [-0.3, -0.25) is 4.79 Å². The molecule has 4 aromatic rings. The first-order valence-electron chi connectivity index (χ1n) is 13.1. The van der Waals surface area contributed by atoms with Crippen molar-refractivity contribution >= 4 is 17.6 Å². The minimum Gasteiger partial charge on any atom is -0.490 e. The van der Waals surface area contributed by atoms with Gasteiger partial charge in [0, 0.05) is 22.2 Å². The number of carbonyl (C=O) groups excluding carboxylic acids is 1. The van der Waals surface area contributed by atoms with Gasteiger partial charge in [-0.25, -0.2) is 0 Å². The van der Waals surface area contributed by atoms with Crippen LogP contribution in [0.25, 0.3) is 0 Å². The molecule has 5 rings (SSSR count). The fourth-order valence-electron chi connectivity index (χ4n) is 4.63. The summed E-state index contributed by atoms with van der Waals surface area (Å²) in [6, 6.07) is 29.6. The van der Waals surface area contributed by atoms with Crippen LogP contribution in [0.3, 0.4) is 0 Å². The van der Waals surface area contributed by atoms with E-state index in [1.165, 1.54) is 0 Å². The number of ether oxygens (including phenoxy) is 4. The number of allylic oxidation sites excluding steroid dienone is 1. The molecule has 0 bridgehead atoms. The smallest absolute Gasteiger partial charge is 0.315 e. The van der Waals surface area contributed by atoms with Crippen LogP contribution in [-0.2, 0) is 17.8 Å². The van der Waals surface area contributed by atoms with Gasteiger partial charge in [-0.05, 0) is 42.3 Å². The second kappa shape index (κ2) is 12.5. The molecular formula is C33H27ClN2O5. The number of rotatable bonds is 9. The lowest BCUT2D eigenvalue weighted by Crippen LogP contribution is -2.21. The summed E-state index contributed by atoms with van der Waals surface area (Å²) >= 11 is 6.29. The summed E-state index contributed by atoms with van der Waals surface area (Å²) in [5.74, 6) is 0.817. The number of halogens is 1. The molecule has 0 spiro atoms. The Kier molecular flexibility index (Phi) is 8.42. The van der Waals surface area contributed by atoms with Gasteiger partial charge in [0.2, 0.25) is 5.88 Å². The Morgan fingerprint density at radius 1 is 0.976 bits per heavy atom. The Morgan fingerprint density at radius 3 is 2.51 bits per heavy atom. The number of carbonyl (C=O) groups is 1. The van der Waals surface area contributed by atoms with E-state index in [1.54, 1.807) is 24.3 Å². The lowest BCUT2D eigenvalue weighted by Gasteiger charge is -2.27. The lowest BCUT2D eigenvalue weighted by atomic mass is 9.83. The molecule has 1 unspecified atom stereocenters. The predicted octanol–water partition coefficient (Wildman–Crippen LogP) is 6.68. The number of nitrogens with zero attached hydrogens (tertiary/aromatic N) is 1. The van der Waals surface area contributed by atoms with E-state index < -0.39 is 11.9 Å². The number of esters is 1. The second-order valence-electron chi connectivity index (χ2n) is 9.28. The van der Waals surface area contributed by atoms with Crippen LogP contribution in [0.1, 0.15) is 35.1 Å². The van der Waals surface area contributed by atoms with Crippen LogP contribution in [0.4, 0.5) is 0 Å². The maximum absolute atomic E-state index is 12.5. The summed E-state index contributed by atoms with van der Waals surface area (Å²) in [5.41, 5.74) is 9.62. The fourth-order valence-corrected chi connectivity index (χ4v) is 4.83. The van der Waals surface area contributed by atoms with Gasteiger partial charge >= 0.3 is 5.97 Å². The number of hydrogen-bond donors (Lipinski definition) is 1. The van der Waals surface area contributed by atoms with Gasteiger partial charge < -0.3 is 24.7 Å². The Morgan fingerprint density at radius 2 is 1.76 bits per heavy atom. The van der Waals surface area contributed by atoms with Crippen molar-refractivity contribution in [3.63, 3.8) is 0 Å². The molecule has 7 nitrogen and oxygen atoms in total. The normalized spacial score (nSPS) is 13.9. The van der Waals surface area contributed by atoms with Crippen molar-refractivity contribution < 1.29 is 23.7 Å². The first kappa shape index (κ1) is 27.6. The Bertz CT molecular complexity index is 1650. The molecule has 4 aromatic carbocycles. The van der Waals surface area contributed by atoms with Gasteiger partial charge in [-0.15, -0.1) is 0 Å². The molecule has 0 radical (unpaired) electrons. The van der Waals surface area contributed by atoms with E-state index in [-0.39, 0.29) is 24.5 Å². The first-order valence-corrected chi connectivity index (χ1v) is 13.4. The summed E-state index contributed by atoms with van der Waals surface area (Å²) in [4.78, 5) is 12.5. The first-order chi connectivity index (χ1) is 20.0. The molecule has 206 valence electrons. The van der Waals surface area contributed by atoms with Crippen molar-refractivity contribution in [2.45, 2.75) is 25.9 Å². The monoisotopic (exact) mass is 566 g/mol. The highest BCUT2D eigenvalue weighted by Gasteiger charge is 2.32. The molecule has 1 atom stereocenters. The third kappa shape index (κ3) is 6.29. The largest absolute Gasteiger partial charge is 0.490 e. The van der Waals surface area contributed by atoms with Crippen molar-refractivity contribution in [3.8, 4) is 29.1 Å². The Labute approximate surface area is 243 Å². The minimum absolute atomic E-state index is 0.0187. The molecule has 8 heteroatoms. The van der Waals surface area contributed by atoms with Gasteiger partial charge in [0.15, 0.2) is 11.5 Å². The maximum Gasteiger partial charge on any atom is 0.315 e. The quantitative estimate of drug-likeness (QED) is 0.178. The summed E-state index contributed by atoms with van der Waals surface area (Å²) in [6.45, 7) is 2.56. The molecule has 0 fully saturated rings. The molecule has 1 heterocycles. The van der Waals surface area contributed by atoms with Crippen molar-refractivity contribution in [1.29, 1.82) is 5.26 Å². The Balaban J connectivity index is 1.42. The van der Waals surface area contributed by atoms with E-state index in [9.17, 15) is 10.1 Å². The van der Waals surface area contributed by atoms with E-state index >= 15 is 0 Å². The second-order valence-corrected chi connectivity index (χ2v) is 9.69. The van der Waals surface area contributed by atoms with Crippen LogP contribution < -0.4 is 24.7 Å². The molecule has 0 saturated carbocycles. The van der Waals surface area contributed by atoms with Gasteiger partial charge in [0.05, 0.1) is 18.9 Å². The highest BCUT2D eigenvalue weighted by Crippen LogP contribution is 2.45. The van der Waals surface area contributed by atoms with E-state index in [0.29, 0.717) is 40.2 Å².